The molecule has 0 aromatic carbocycles. The number of hydrogen-bond acceptors (Lipinski definition) is 3. The molecule has 0 amide bonds. The van der Waals surface area contributed by atoms with Crippen molar-refractivity contribution in [3.05, 3.63) is 12.7 Å². The highest BCUT2D eigenvalue weighted by Crippen LogP contribution is 1.80. The molecule has 0 heterocycles. The van der Waals surface area contributed by atoms with Gasteiger partial charge in [0, 0.05) is 13.1 Å². The fraction of sp³-hybridized carbons (Fsp3) is 0.625. The van der Waals surface area contributed by atoms with Crippen LogP contribution in [0.15, 0.2) is 17.6 Å². The summed E-state index contributed by atoms with van der Waals surface area (Å²) in [6.07, 6.45) is 1.69. The molecule has 88 valence electrons. The van der Waals surface area contributed by atoms with Crippen LogP contribution in [-0.2, 0) is 10.0 Å². The Balaban J connectivity index is 4.10. The molecule has 0 aliphatic carbocycles. The first-order valence-corrected chi connectivity index (χ1v) is 6.34. The second kappa shape index (κ2) is 7.24. The number of aliphatic imine (C=N–C) groups is 1. The van der Waals surface area contributed by atoms with Crippen LogP contribution in [0.25, 0.3) is 0 Å². The van der Waals surface area contributed by atoms with Crippen LogP contribution in [-0.4, -0.2) is 39.8 Å². The zero-order valence-electron chi connectivity index (χ0n) is 8.86. The van der Waals surface area contributed by atoms with E-state index in [0.717, 1.165) is 0 Å². The lowest BCUT2D eigenvalue weighted by molar-refractivity contribution is 0.597. The first-order chi connectivity index (χ1) is 6.99. The van der Waals surface area contributed by atoms with E-state index in [4.69, 9.17) is 5.14 Å². The fourth-order valence-corrected chi connectivity index (χ4v) is 1.14. The molecular weight excluding hydrogens is 216 g/mol. The number of nitrogens with one attached hydrogen (secondary N) is 2. The van der Waals surface area contributed by atoms with E-state index in [1.165, 1.54) is 0 Å². The minimum absolute atomic E-state index is 0.144. The predicted octanol–water partition coefficient (Wildman–Crippen LogP) is -0.984. The third-order valence-electron chi connectivity index (χ3n) is 1.40. The summed E-state index contributed by atoms with van der Waals surface area (Å²) in [5.74, 6) is 0.401. The highest BCUT2D eigenvalue weighted by atomic mass is 32.2. The molecule has 0 radical (unpaired) electrons. The standard InChI is InChI=1S/C8H18N4O2S/c1-3-5-11-8(10-4-2)12-6-7-15(9,13)14/h3H,1,4-7H2,2H3,(H2,9,13,14)(H2,10,11,12). The van der Waals surface area contributed by atoms with Gasteiger partial charge in [0.15, 0.2) is 5.96 Å². The van der Waals surface area contributed by atoms with Gasteiger partial charge in [-0.1, -0.05) is 6.08 Å². The minimum Gasteiger partial charge on any atom is -0.357 e. The summed E-state index contributed by atoms with van der Waals surface area (Å²) in [6.45, 7) is 6.89. The average molecular weight is 234 g/mol. The van der Waals surface area contributed by atoms with Crippen molar-refractivity contribution in [1.82, 2.24) is 10.6 Å². The SMILES string of the molecule is C=CCNC(=NCCS(N)(=O)=O)NCC. The van der Waals surface area contributed by atoms with Crippen molar-refractivity contribution in [2.45, 2.75) is 6.92 Å². The second-order valence-corrected chi connectivity index (χ2v) is 4.53. The minimum atomic E-state index is -3.44. The van der Waals surface area contributed by atoms with Gasteiger partial charge in [0.2, 0.25) is 10.0 Å². The van der Waals surface area contributed by atoms with Gasteiger partial charge in [-0.25, -0.2) is 13.6 Å². The van der Waals surface area contributed by atoms with Crippen LogP contribution < -0.4 is 15.8 Å². The number of nitrogens with zero attached hydrogens (tertiary/aromatic N) is 1. The zero-order chi connectivity index (χ0) is 11.7. The Kier molecular flexibility index (Phi) is 6.72. The summed E-state index contributed by atoms with van der Waals surface area (Å²) in [4.78, 5) is 4.02. The van der Waals surface area contributed by atoms with Crippen molar-refractivity contribution in [3.8, 4) is 0 Å². The molecule has 6 nitrogen and oxygen atoms in total. The molecule has 7 heteroatoms. The Bertz CT molecular complexity index is 311. The monoisotopic (exact) mass is 234 g/mol. The van der Waals surface area contributed by atoms with E-state index in [9.17, 15) is 8.42 Å². The number of sulfonamides is 1. The van der Waals surface area contributed by atoms with E-state index in [2.05, 4.69) is 22.2 Å². The lowest BCUT2D eigenvalue weighted by atomic mass is 10.6. The van der Waals surface area contributed by atoms with E-state index >= 15 is 0 Å². The van der Waals surface area contributed by atoms with Gasteiger partial charge in [-0.3, -0.25) is 4.99 Å². The molecule has 15 heavy (non-hydrogen) atoms. The first-order valence-electron chi connectivity index (χ1n) is 4.63. The number of nitrogens with two attached hydrogens (primary N) is 1. The fourth-order valence-electron chi connectivity index (χ4n) is 0.795. The second-order valence-electron chi connectivity index (χ2n) is 2.80. The Labute approximate surface area is 90.7 Å². The van der Waals surface area contributed by atoms with Crippen LogP contribution in [0.1, 0.15) is 6.92 Å². The quantitative estimate of drug-likeness (QED) is 0.312. The molecule has 0 bridgehead atoms. The molecule has 0 aromatic heterocycles. The van der Waals surface area contributed by atoms with Crippen molar-refractivity contribution < 1.29 is 8.42 Å². The largest absolute Gasteiger partial charge is 0.357 e. The Morgan fingerprint density at radius 2 is 2.20 bits per heavy atom. The van der Waals surface area contributed by atoms with Gasteiger partial charge in [0.25, 0.3) is 0 Å². The van der Waals surface area contributed by atoms with Crippen molar-refractivity contribution in [2.24, 2.45) is 10.1 Å². The normalized spacial score (nSPS) is 12.3. The smallest absolute Gasteiger partial charge is 0.210 e. The van der Waals surface area contributed by atoms with Crippen molar-refractivity contribution in [3.63, 3.8) is 0 Å². The lowest BCUT2D eigenvalue weighted by Gasteiger charge is -2.08. The van der Waals surface area contributed by atoms with Crippen LogP contribution in [0.2, 0.25) is 0 Å². The maximum absolute atomic E-state index is 10.6. The molecule has 0 aromatic rings. The molecule has 0 aliphatic rings. The molecule has 4 N–H and O–H groups in total. The predicted molar refractivity (Wildman–Crippen MR) is 62.2 cm³/mol. The van der Waals surface area contributed by atoms with Gasteiger partial charge in [0.1, 0.15) is 0 Å². The van der Waals surface area contributed by atoms with Crippen molar-refractivity contribution in [2.75, 3.05) is 25.4 Å². The van der Waals surface area contributed by atoms with Crippen LogP contribution in [0, 0.1) is 0 Å². The summed E-state index contributed by atoms with van der Waals surface area (Å²) in [5, 5.41) is 10.7. The average Bonchev–Trinajstić information content (AvgIpc) is 2.12. The van der Waals surface area contributed by atoms with E-state index < -0.39 is 10.0 Å². The van der Waals surface area contributed by atoms with Crippen molar-refractivity contribution >= 4 is 16.0 Å². The van der Waals surface area contributed by atoms with E-state index in [-0.39, 0.29) is 12.3 Å². The molecule has 0 saturated heterocycles. The molecule has 0 unspecified atom stereocenters. The van der Waals surface area contributed by atoms with Gasteiger partial charge in [-0.05, 0) is 6.92 Å². The Morgan fingerprint density at radius 1 is 1.53 bits per heavy atom. The van der Waals surface area contributed by atoms with Gasteiger partial charge in [0.05, 0.1) is 12.3 Å². The van der Waals surface area contributed by atoms with Gasteiger partial charge in [-0.15, -0.1) is 6.58 Å². The van der Waals surface area contributed by atoms with Gasteiger partial charge in [-0.2, -0.15) is 0 Å². The number of hydrogen-bond donors (Lipinski definition) is 3. The maximum atomic E-state index is 10.6. The summed E-state index contributed by atoms with van der Waals surface area (Å²) in [7, 11) is -3.44. The molecule has 0 spiro atoms. The van der Waals surface area contributed by atoms with Crippen molar-refractivity contribution in [1.29, 1.82) is 0 Å². The van der Waals surface area contributed by atoms with E-state index in [1.807, 2.05) is 6.92 Å². The molecule has 0 aliphatic heterocycles. The molecular formula is C8H18N4O2S. The lowest BCUT2D eigenvalue weighted by Crippen LogP contribution is -2.37. The van der Waals surface area contributed by atoms with Gasteiger partial charge >= 0.3 is 0 Å². The third kappa shape index (κ3) is 9.23. The van der Waals surface area contributed by atoms with E-state index in [0.29, 0.717) is 19.0 Å². The highest BCUT2D eigenvalue weighted by molar-refractivity contribution is 7.89. The van der Waals surface area contributed by atoms with Crippen LogP contribution in [0.5, 0.6) is 0 Å². The molecule has 0 rings (SSSR count). The van der Waals surface area contributed by atoms with Crippen LogP contribution >= 0.6 is 0 Å². The molecule has 0 fully saturated rings. The number of rotatable bonds is 6. The van der Waals surface area contributed by atoms with E-state index in [1.54, 1.807) is 6.08 Å². The first kappa shape index (κ1) is 13.9. The third-order valence-corrected chi connectivity index (χ3v) is 2.16. The maximum Gasteiger partial charge on any atom is 0.210 e. The number of guanidine groups is 1. The van der Waals surface area contributed by atoms with Crippen LogP contribution in [0.3, 0.4) is 0 Å². The summed E-state index contributed by atoms with van der Waals surface area (Å²) in [5.41, 5.74) is 0. The summed E-state index contributed by atoms with van der Waals surface area (Å²) >= 11 is 0. The van der Waals surface area contributed by atoms with Crippen LogP contribution in [0.4, 0.5) is 0 Å². The van der Waals surface area contributed by atoms with Gasteiger partial charge < -0.3 is 10.6 Å². The Morgan fingerprint density at radius 3 is 2.67 bits per heavy atom. The Hall–Kier alpha value is -1.08. The highest BCUT2D eigenvalue weighted by Gasteiger charge is 2.01. The molecule has 0 atom stereocenters. The molecule has 0 saturated carbocycles. The number of primary sulfonamides is 1. The summed E-state index contributed by atoms with van der Waals surface area (Å²) in [6, 6.07) is 0. The summed E-state index contributed by atoms with van der Waals surface area (Å²) < 4.78 is 21.3. The topological polar surface area (TPSA) is 96.6 Å². The zero-order valence-corrected chi connectivity index (χ0v) is 9.68.